The third-order valence-electron chi connectivity index (χ3n) is 5.58. The van der Waals surface area contributed by atoms with Crippen molar-refractivity contribution < 1.29 is 9.59 Å². The summed E-state index contributed by atoms with van der Waals surface area (Å²) in [6.07, 6.45) is 6.59. The highest BCUT2D eigenvalue weighted by Gasteiger charge is 2.26. The number of carbonyl (C=O) groups excluding carboxylic acids is 2. The Balaban J connectivity index is 1.81. The molecular weight excluding hydrogens is 350 g/mol. The van der Waals surface area contributed by atoms with Crippen LogP contribution in [0.2, 0.25) is 0 Å². The summed E-state index contributed by atoms with van der Waals surface area (Å²) in [5.74, 6) is -0.294. The van der Waals surface area contributed by atoms with Gasteiger partial charge in [-0.2, -0.15) is 0 Å². The van der Waals surface area contributed by atoms with E-state index in [0.29, 0.717) is 5.56 Å². The SMILES string of the molecule is CCc1cccc(C)c1NC(=O)c1cc(C(=O)N2CCCCC2CC)ccn1. The van der Waals surface area contributed by atoms with Crippen LogP contribution in [-0.4, -0.2) is 34.3 Å². The summed E-state index contributed by atoms with van der Waals surface area (Å²) in [5, 5.41) is 2.99. The lowest BCUT2D eigenvalue weighted by molar-refractivity contribution is 0.0608. The van der Waals surface area contributed by atoms with E-state index < -0.39 is 0 Å². The lowest BCUT2D eigenvalue weighted by atomic mass is 9.99. The number of nitrogens with zero attached hydrogens (tertiary/aromatic N) is 2. The number of likely N-dealkylation sites (tertiary alicyclic amines) is 1. The maximum Gasteiger partial charge on any atom is 0.274 e. The van der Waals surface area contributed by atoms with E-state index >= 15 is 0 Å². The van der Waals surface area contributed by atoms with Crippen LogP contribution in [0.4, 0.5) is 5.69 Å². The van der Waals surface area contributed by atoms with Crippen molar-refractivity contribution in [2.75, 3.05) is 11.9 Å². The number of amides is 2. The van der Waals surface area contributed by atoms with Crippen molar-refractivity contribution in [2.24, 2.45) is 0 Å². The Labute approximate surface area is 167 Å². The first kappa shape index (κ1) is 20.1. The van der Waals surface area contributed by atoms with E-state index in [-0.39, 0.29) is 23.6 Å². The van der Waals surface area contributed by atoms with Crippen LogP contribution in [0.25, 0.3) is 0 Å². The molecule has 2 amide bonds. The minimum atomic E-state index is -0.288. The number of anilines is 1. The Morgan fingerprint density at radius 3 is 2.79 bits per heavy atom. The zero-order valence-corrected chi connectivity index (χ0v) is 17.0. The van der Waals surface area contributed by atoms with Gasteiger partial charge in [-0.15, -0.1) is 0 Å². The van der Waals surface area contributed by atoms with Crippen LogP contribution in [0.15, 0.2) is 36.5 Å². The Morgan fingerprint density at radius 1 is 1.21 bits per heavy atom. The van der Waals surface area contributed by atoms with Crippen molar-refractivity contribution >= 4 is 17.5 Å². The molecule has 1 saturated heterocycles. The highest BCUT2D eigenvalue weighted by atomic mass is 16.2. The van der Waals surface area contributed by atoms with Gasteiger partial charge >= 0.3 is 0 Å². The Hall–Kier alpha value is -2.69. The number of hydrogen-bond donors (Lipinski definition) is 1. The molecule has 2 heterocycles. The number of aromatic nitrogens is 1. The molecule has 3 rings (SSSR count). The third kappa shape index (κ3) is 4.24. The third-order valence-corrected chi connectivity index (χ3v) is 5.58. The number of rotatable bonds is 5. The molecule has 1 unspecified atom stereocenters. The van der Waals surface area contributed by atoms with E-state index in [1.807, 2.05) is 30.0 Å². The number of pyridine rings is 1. The molecule has 0 saturated carbocycles. The van der Waals surface area contributed by atoms with Gasteiger partial charge in [0, 0.05) is 30.0 Å². The van der Waals surface area contributed by atoms with Crippen LogP contribution in [0.1, 0.15) is 71.5 Å². The fourth-order valence-corrected chi connectivity index (χ4v) is 3.93. The second-order valence-electron chi connectivity index (χ2n) is 7.40. The summed E-state index contributed by atoms with van der Waals surface area (Å²) < 4.78 is 0. The maximum atomic E-state index is 13.0. The van der Waals surface area contributed by atoms with Crippen LogP contribution in [0.3, 0.4) is 0 Å². The molecule has 1 aromatic carbocycles. The number of hydrogen-bond acceptors (Lipinski definition) is 3. The Kier molecular flexibility index (Phi) is 6.45. The van der Waals surface area contributed by atoms with Crippen molar-refractivity contribution in [3.05, 3.63) is 58.9 Å². The molecule has 28 heavy (non-hydrogen) atoms. The van der Waals surface area contributed by atoms with E-state index in [9.17, 15) is 9.59 Å². The molecule has 2 aromatic rings. The van der Waals surface area contributed by atoms with Gasteiger partial charge in [0.25, 0.3) is 11.8 Å². The molecule has 5 nitrogen and oxygen atoms in total. The number of para-hydroxylation sites is 1. The molecule has 0 radical (unpaired) electrons. The number of piperidine rings is 1. The first-order chi connectivity index (χ1) is 13.5. The van der Waals surface area contributed by atoms with Gasteiger partial charge < -0.3 is 10.2 Å². The van der Waals surface area contributed by atoms with Crippen LogP contribution >= 0.6 is 0 Å². The monoisotopic (exact) mass is 379 g/mol. The molecule has 0 spiro atoms. The molecule has 0 bridgehead atoms. The number of nitrogens with one attached hydrogen (secondary N) is 1. The lowest BCUT2D eigenvalue weighted by Gasteiger charge is -2.35. The minimum absolute atomic E-state index is 0.00635. The summed E-state index contributed by atoms with van der Waals surface area (Å²) in [4.78, 5) is 32.0. The molecule has 1 aromatic heterocycles. The molecule has 1 aliphatic rings. The number of benzene rings is 1. The zero-order valence-electron chi connectivity index (χ0n) is 17.0. The molecule has 1 N–H and O–H groups in total. The number of aryl methyl sites for hydroxylation is 2. The molecule has 1 atom stereocenters. The van der Waals surface area contributed by atoms with Crippen LogP contribution < -0.4 is 5.32 Å². The molecule has 1 fully saturated rings. The predicted molar refractivity (Wildman–Crippen MR) is 112 cm³/mol. The molecule has 0 aliphatic carbocycles. The fraction of sp³-hybridized carbons (Fsp3) is 0.435. The Bertz CT molecular complexity index is 863. The van der Waals surface area contributed by atoms with Crippen molar-refractivity contribution in [3.8, 4) is 0 Å². The largest absolute Gasteiger partial charge is 0.336 e. The molecular formula is C23H29N3O2. The summed E-state index contributed by atoms with van der Waals surface area (Å²) in [6, 6.07) is 9.57. The van der Waals surface area contributed by atoms with Gasteiger partial charge in [-0.3, -0.25) is 14.6 Å². The molecule has 1 aliphatic heterocycles. The predicted octanol–water partition coefficient (Wildman–Crippen LogP) is 4.61. The average molecular weight is 380 g/mol. The normalized spacial score (nSPS) is 16.7. The maximum absolute atomic E-state index is 13.0. The Morgan fingerprint density at radius 2 is 2.04 bits per heavy atom. The van der Waals surface area contributed by atoms with Gasteiger partial charge in [0.05, 0.1) is 0 Å². The van der Waals surface area contributed by atoms with Gasteiger partial charge in [-0.05, 0) is 62.3 Å². The van der Waals surface area contributed by atoms with Crippen LogP contribution in [0, 0.1) is 6.92 Å². The van der Waals surface area contributed by atoms with Crippen molar-refractivity contribution in [1.82, 2.24) is 9.88 Å². The van der Waals surface area contributed by atoms with Gasteiger partial charge in [0.1, 0.15) is 5.69 Å². The van der Waals surface area contributed by atoms with Gasteiger partial charge in [0.15, 0.2) is 0 Å². The van der Waals surface area contributed by atoms with Crippen LogP contribution in [-0.2, 0) is 6.42 Å². The van der Waals surface area contributed by atoms with Crippen molar-refractivity contribution in [2.45, 2.75) is 58.9 Å². The van der Waals surface area contributed by atoms with Gasteiger partial charge in [-0.1, -0.05) is 32.0 Å². The summed E-state index contributed by atoms with van der Waals surface area (Å²) in [6.45, 7) is 6.94. The molecule has 5 heteroatoms. The smallest absolute Gasteiger partial charge is 0.274 e. The second-order valence-corrected chi connectivity index (χ2v) is 7.40. The van der Waals surface area contributed by atoms with E-state index in [4.69, 9.17) is 0 Å². The first-order valence-corrected chi connectivity index (χ1v) is 10.2. The summed E-state index contributed by atoms with van der Waals surface area (Å²) in [5.41, 5.74) is 3.72. The van der Waals surface area contributed by atoms with E-state index in [1.54, 1.807) is 18.3 Å². The lowest BCUT2D eigenvalue weighted by Crippen LogP contribution is -2.43. The summed E-state index contributed by atoms with van der Waals surface area (Å²) >= 11 is 0. The van der Waals surface area contributed by atoms with E-state index in [0.717, 1.165) is 49.0 Å². The molecule has 148 valence electrons. The first-order valence-electron chi connectivity index (χ1n) is 10.2. The number of carbonyl (C=O) groups is 2. The van der Waals surface area contributed by atoms with E-state index in [2.05, 4.69) is 24.1 Å². The zero-order chi connectivity index (χ0) is 20.1. The van der Waals surface area contributed by atoms with Crippen LogP contribution in [0.5, 0.6) is 0 Å². The van der Waals surface area contributed by atoms with Gasteiger partial charge in [0.2, 0.25) is 0 Å². The van der Waals surface area contributed by atoms with E-state index in [1.165, 1.54) is 6.42 Å². The summed E-state index contributed by atoms with van der Waals surface area (Å²) in [7, 11) is 0. The topological polar surface area (TPSA) is 62.3 Å². The van der Waals surface area contributed by atoms with Crippen molar-refractivity contribution in [3.63, 3.8) is 0 Å². The second kappa shape index (κ2) is 9.00. The quantitative estimate of drug-likeness (QED) is 0.825. The standard InChI is InChI=1S/C23H29N3O2/c1-4-17-10-8-9-16(3)21(17)25-22(27)20-15-18(12-13-24-20)23(28)26-14-7-6-11-19(26)5-2/h8-10,12-13,15,19H,4-7,11,14H2,1-3H3,(H,25,27). The fourth-order valence-electron chi connectivity index (χ4n) is 3.93. The highest BCUT2D eigenvalue weighted by Crippen LogP contribution is 2.23. The highest BCUT2D eigenvalue weighted by molar-refractivity contribution is 6.05. The van der Waals surface area contributed by atoms with Gasteiger partial charge in [-0.25, -0.2) is 0 Å². The minimum Gasteiger partial charge on any atom is -0.336 e. The average Bonchev–Trinajstić information content (AvgIpc) is 2.74. The van der Waals surface area contributed by atoms with Crippen molar-refractivity contribution in [1.29, 1.82) is 0 Å².